The molecule has 0 aliphatic carbocycles. The smallest absolute Gasteiger partial charge is 0.106 e. The summed E-state index contributed by atoms with van der Waals surface area (Å²) in [6.07, 6.45) is 7.22. The van der Waals surface area contributed by atoms with Crippen LogP contribution in [0.25, 0.3) is 22.3 Å². The van der Waals surface area contributed by atoms with Gasteiger partial charge in [-0.2, -0.15) is 21.0 Å². The highest BCUT2D eigenvalue weighted by Gasteiger charge is 2.38. The molecule has 0 fully saturated rings. The van der Waals surface area contributed by atoms with E-state index in [0.717, 1.165) is 27.8 Å². The molecule has 5 aliphatic heterocycles. The van der Waals surface area contributed by atoms with Gasteiger partial charge in [0.25, 0.3) is 0 Å². The molecule has 9 rings (SSSR count). The van der Waals surface area contributed by atoms with Crippen molar-refractivity contribution < 1.29 is 0 Å². The topological polar surface area (TPSA) is 145 Å². The fraction of sp³-hybridized carbons (Fsp3) is 0. The van der Waals surface area contributed by atoms with Crippen LogP contribution in [-0.2, 0) is 0 Å². The number of aliphatic imine (C=N–C) groups is 4. The van der Waals surface area contributed by atoms with Crippen LogP contribution in [-0.4, -0.2) is 22.8 Å². The zero-order valence-electron chi connectivity index (χ0n) is 29.4. The van der Waals surface area contributed by atoms with Gasteiger partial charge in [-0.1, -0.05) is 121 Å². The number of hydrogen-bond acceptors (Lipinski definition) is 8. The first-order chi connectivity index (χ1) is 27.6. The third-order valence-corrected chi connectivity index (χ3v) is 9.79. The van der Waals surface area contributed by atoms with Gasteiger partial charge in [0.1, 0.15) is 41.3 Å². The van der Waals surface area contributed by atoms with Gasteiger partial charge >= 0.3 is 0 Å². The monoisotopic (exact) mass is 712 g/mol. The Balaban J connectivity index is 1.51. The molecule has 56 heavy (non-hydrogen) atoms. The summed E-state index contributed by atoms with van der Waals surface area (Å²) < 4.78 is 0. The molecule has 0 N–H and O–H groups in total. The van der Waals surface area contributed by atoms with Crippen LogP contribution in [0.1, 0.15) is 22.3 Å². The SMILES string of the molecule is N#CC1=C(C#N)C2=NC1=CC1=NC(=CC3=NC(=C(c4ccccc4)C4=NC(=C2C#N)C(C#N)=C4c2ccccc2)C(c2ccccc2)=C3c2ccccc2)C=C1. The minimum absolute atomic E-state index is 0.000934. The van der Waals surface area contributed by atoms with Gasteiger partial charge in [0.05, 0.1) is 50.9 Å². The van der Waals surface area contributed by atoms with Gasteiger partial charge in [0.15, 0.2) is 0 Å². The zero-order chi connectivity index (χ0) is 38.2. The molecule has 0 saturated carbocycles. The van der Waals surface area contributed by atoms with Gasteiger partial charge < -0.3 is 0 Å². The highest BCUT2D eigenvalue weighted by atomic mass is 14.9. The van der Waals surface area contributed by atoms with Gasteiger partial charge in [-0.05, 0) is 46.6 Å². The zero-order valence-corrected chi connectivity index (χ0v) is 29.4. The van der Waals surface area contributed by atoms with E-state index >= 15 is 0 Å². The predicted octanol–water partition coefficient (Wildman–Crippen LogP) is 9.26. The van der Waals surface area contributed by atoms with Crippen LogP contribution in [0, 0.1) is 45.3 Å². The van der Waals surface area contributed by atoms with Crippen LogP contribution in [0.4, 0.5) is 0 Å². The van der Waals surface area contributed by atoms with Crippen molar-refractivity contribution in [1.29, 1.82) is 21.0 Å². The molecule has 0 radical (unpaired) electrons. The van der Waals surface area contributed by atoms with Crippen molar-refractivity contribution in [3.8, 4) is 24.3 Å². The second-order valence-electron chi connectivity index (χ2n) is 13.0. The van der Waals surface area contributed by atoms with Crippen molar-refractivity contribution >= 4 is 45.1 Å². The molecule has 0 saturated heterocycles. The van der Waals surface area contributed by atoms with Gasteiger partial charge in [-0.25, -0.2) is 20.0 Å². The average molecular weight is 713 g/mol. The Morgan fingerprint density at radius 2 is 0.893 bits per heavy atom. The number of allylic oxidation sites excluding steroid dienone is 12. The summed E-state index contributed by atoms with van der Waals surface area (Å²) in [7, 11) is 0. The van der Waals surface area contributed by atoms with Crippen molar-refractivity contribution in [3.05, 3.63) is 213 Å². The second kappa shape index (κ2) is 13.8. The molecule has 0 unspecified atom stereocenters. The fourth-order valence-electron chi connectivity index (χ4n) is 7.39. The molecule has 8 bridgehead atoms. The van der Waals surface area contributed by atoms with Gasteiger partial charge in [-0.3, -0.25) is 0 Å². The van der Waals surface area contributed by atoms with Crippen molar-refractivity contribution in [2.24, 2.45) is 20.0 Å². The van der Waals surface area contributed by atoms with E-state index in [2.05, 4.69) is 48.5 Å². The van der Waals surface area contributed by atoms with Crippen LogP contribution in [0.5, 0.6) is 0 Å². The van der Waals surface area contributed by atoms with Crippen molar-refractivity contribution in [2.75, 3.05) is 0 Å². The standard InChI is InChI=1S/C48H24N8/c49-25-35-36(26-50)45-38(28-52)46-37(27-51)41(29-13-5-1-6-14-29)47(56-46)44(32-19-11-4-12-20-32)48-43(31-17-9-3-10-18-31)42(30-15-7-2-8-16-30)40(55-48)24-34-22-21-33(53-34)23-39(35)54-45/h1-24H. The summed E-state index contributed by atoms with van der Waals surface area (Å²) in [6.45, 7) is 0. The van der Waals surface area contributed by atoms with Crippen LogP contribution < -0.4 is 0 Å². The molecule has 5 heterocycles. The summed E-state index contributed by atoms with van der Waals surface area (Å²) in [6, 6.07) is 48.1. The van der Waals surface area contributed by atoms with E-state index in [9.17, 15) is 21.0 Å². The molecule has 8 heteroatoms. The maximum Gasteiger partial charge on any atom is 0.106 e. The highest BCUT2D eigenvalue weighted by Crippen LogP contribution is 2.48. The minimum Gasteiger partial charge on any atom is -0.249 e. The number of fused-ring (bicyclic) bond motifs is 4. The third-order valence-electron chi connectivity index (χ3n) is 9.79. The molecular formula is C48H24N8. The Kier molecular flexibility index (Phi) is 8.19. The molecule has 0 amide bonds. The first-order valence-electron chi connectivity index (χ1n) is 17.6. The lowest BCUT2D eigenvalue weighted by molar-refractivity contribution is 1.33. The van der Waals surface area contributed by atoms with E-state index in [0.29, 0.717) is 45.2 Å². The van der Waals surface area contributed by atoms with E-state index in [4.69, 9.17) is 20.0 Å². The largest absolute Gasteiger partial charge is 0.249 e. The van der Waals surface area contributed by atoms with Crippen LogP contribution in [0.15, 0.2) is 211 Å². The Morgan fingerprint density at radius 3 is 1.45 bits per heavy atom. The maximum atomic E-state index is 11.0. The molecule has 4 aromatic carbocycles. The lowest BCUT2D eigenvalue weighted by Gasteiger charge is -2.17. The molecule has 4 aromatic rings. The van der Waals surface area contributed by atoms with Crippen LogP contribution in [0.3, 0.4) is 0 Å². The Morgan fingerprint density at radius 1 is 0.375 bits per heavy atom. The summed E-state index contributed by atoms with van der Waals surface area (Å²) in [5.41, 5.74) is 9.11. The van der Waals surface area contributed by atoms with Crippen molar-refractivity contribution in [3.63, 3.8) is 0 Å². The average Bonchev–Trinajstić information content (AvgIpc) is 4.03. The van der Waals surface area contributed by atoms with E-state index in [1.54, 1.807) is 12.2 Å². The van der Waals surface area contributed by atoms with Crippen molar-refractivity contribution in [1.82, 2.24) is 0 Å². The number of rotatable bonds is 4. The second-order valence-corrected chi connectivity index (χ2v) is 13.0. The fourth-order valence-corrected chi connectivity index (χ4v) is 7.39. The van der Waals surface area contributed by atoms with E-state index < -0.39 is 0 Å². The van der Waals surface area contributed by atoms with Crippen LogP contribution >= 0.6 is 0 Å². The van der Waals surface area contributed by atoms with E-state index in [1.165, 1.54) is 0 Å². The highest BCUT2D eigenvalue weighted by molar-refractivity contribution is 6.51. The Bertz CT molecular complexity index is 2990. The molecule has 8 nitrogen and oxygen atoms in total. The molecule has 256 valence electrons. The first kappa shape index (κ1) is 33.3. The molecular weight excluding hydrogens is 689 g/mol. The first-order valence-corrected chi connectivity index (χ1v) is 17.6. The molecule has 0 aromatic heterocycles. The number of nitriles is 4. The Hall–Kier alpha value is -8.56. The number of nitrogens with zero attached hydrogens (tertiary/aromatic N) is 8. The summed E-state index contributed by atoms with van der Waals surface area (Å²) >= 11 is 0. The predicted molar refractivity (Wildman–Crippen MR) is 218 cm³/mol. The molecule has 0 spiro atoms. The third kappa shape index (κ3) is 5.44. The van der Waals surface area contributed by atoms with E-state index in [-0.39, 0.29) is 39.4 Å². The maximum absolute atomic E-state index is 11.0. The van der Waals surface area contributed by atoms with Crippen molar-refractivity contribution in [2.45, 2.75) is 0 Å². The summed E-state index contributed by atoms with van der Waals surface area (Å²) in [5, 5.41) is 42.6. The summed E-state index contributed by atoms with van der Waals surface area (Å²) in [4.78, 5) is 20.3. The lowest BCUT2D eigenvalue weighted by Crippen LogP contribution is -2.07. The lowest BCUT2D eigenvalue weighted by atomic mass is 9.85. The number of hydrogen-bond donors (Lipinski definition) is 0. The molecule has 0 atom stereocenters. The number of benzene rings is 4. The normalized spacial score (nSPS) is 17.1. The minimum atomic E-state index is -0.105. The van der Waals surface area contributed by atoms with Crippen LogP contribution in [0.2, 0.25) is 0 Å². The van der Waals surface area contributed by atoms with Gasteiger partial charge in [-0.15, -0.1) is 0 Å². The van der Waals surface area contributed by atoms with Gasteiger partial charge in [0.2, 0.25) is 0 Å². The molecule has 5 aliphatic rings. The Labute approximate surface area is 322 Å². The summed E-state index contributed by atoms with van der Waals surface area (Å²) in [5.74, 6) is 0. The van der Waals surface area contributed by atoms with E-state index in [1.807, 2.05) is 109 Å². The quantitative estimate of drug-likeness (QED) is 0.208. The van der Waals surface area contributed by atoms with Gasteiger partial charge in [0, 0.05) is 22.3 Å².